The van der Waals surface area contributed by atoms with Crippen molar-refractivity contribution in [1.29, 1.82) is 0 Å². The van der Waals surface area contributed by atoms with Crippen molar-refractivity contribution in [1.82, 2.24) is 0 Å². The number of hydrogen-bond donors (Lipinski definition) is 1. The van der Waals surface area contributed by atoms with Crippen LogP contribution in [0.2, 0.25) is 0 Å². The van der Waals surface area contributed by atoms with Crippen LogP contribution in [0.25, 0.3) is 0 Å². The predicted octanol–water partition coefficient (Wildman–Crippen LogP) is 3.65. The summed E-state index contributed by atoms with van der Waals surface area (Å²) >= 11 is 0. The molecule has 0 spiro atoms. The fourth-order valence-corrected chi connectivity index (χ4v) is 4.49. The van der Waals surface area contributed by atoms with E-state index in [1.54, 1.807) is 6.07 Å². The van der Waals surface area contributed by atoms with Gasteiger partial charge in [-0.3, -0.25) is 29.3 Å². The average molecular weight is 470 g/mol. The van der Waals surface area contributed by atoms with Crippen LogP contribution in [0.1, 0.15) is 5.56 Å². The molecule has 0 heterocycles. The molecule has 0 aliphatic heterocycles. The lowest BCUT2D eigenvalue weighted by molar-refractivity contribution is -0.385. The zero-order valence-electron chi connectivity index (χ0n) is 17.2. The van der Waals surface area contributed by atoms with Crippen molar-refractivity contribution in [3.63, 3.8) is 0 Å². The summed E-state index contributed by atoms with van der Waals surface area (Å²) in [7, 11) is -4.21. The van der Waals surface area contributed by atoms with Crippen LogP contribution in [0.5, 0.6) is 0 Å². The smallest absolute Gasteiger partial charge is 0.274 e. The highest BCUT2D eigenvalue weighted by atomic mass is 32.2. The van der Waals surface area contributed by atoms with Crippen LogP contribution in [-0.4, -0.2) is 30.7 Å². The van der Waals surface area contributed by atoms with Crippen LogP contribution in [0.3, 0.4) is 0 Å². The summed E-state index contributed by atoms with van der Waals surface area (Å²) in [4.78, 5) is 33.6. The average Bonchev–Trinajstić information content (AvgIpc) is 2.79. The Kier molecular flexibility index (Phi) is 6.68. The number of anilines is 2. The number of amides is 1. The van der Waals surface area contributed by atoms with Crippen LogP contribution in [0.4, 0.5) is 22.7 Å². The first-order valence-corrected chi connectivity index (χ1v) is 10.9. The first kappa shape index (κ1) is 23.3. The van der Waals surface area contributed by atoms with Gasteiger partial charge in [0.25, 0.3) is 21.4 Å². The minimum Gasteiger partial charge on any atom is -0.324 e. The van der Waals surface area contributed by atoms with Crippen molar-refractivity contribution in [2.75, 3.05) is 16.2 Å². The molecular formula is C21H18N4O7S. The lowest BCUT2D eigenvalue weighted by Crippen LogP contribution is -2.38. The highest BCUT2D eigenvalue weighted by molar-refractivity contribution is 7.92. The van der Waals surface area contributed by atoms with E-state index >= 15 is 0 Å². The monoisotopic (exact) mass is 470 g/mol. The van der Waals surface area contributed by atoms with E-state index in [0.29, 0.717) is 0 Å². The number of carbonyl (C=O) groups excluding carboxylic acids is 1. The van der Waals surface area contributed by atoms with Gasteiger partial charge in [0.15, 0.2) is 0 Å². The number of rotatable bonds is 8. The minimum atomic E-state index is -4.21. The van der Waals surface area contributed by atoms with E-state index in [1.807, 2.05) is 0 Å². The Labute approximate surface area is 188 Å². The largest absolute Gasteiger partial charge is 0.324 e. The summed E-state index contributed by atoms with van der Waals surface area (Å²) in [5.41, 5.74) is -0.0293. The minimum absolute atomic E-state index is 0.0374. The standard InChI is InChI=1S/C21H18N4O7S/c1-15-19(8-5-9-20(15)25(29)30)22-21(26)14-23(16-10-12-17(13-11-16)24(27)28)33(31,32)18-6-3-2-4-7-18/h2-13H,14H2,1H3,(H,22,26). The molecule has 3 aromatic rings. The third-order valence-electron chi connectivity index (χ3n) is 4.74. The normalized spacial score (nSPS) is 10.9. The van der Waals surface area contributed by atoms with Gasteiger partial charge in [-0.1, -0.05) is 24.3 Å². The molecule has 0 aliphatic rings. The fourth-order valence-electron chi connectivity index (χ4n) is 3.05. The van der Waals surface area contributed by atoms with Crippen molar-refractivity contribution < 1.29 is 23.1 Å². The number of nitrogens with zero attached hydrogens (tertiary/aromatic N) is 3. The number of non-ortho nitro benzene ring substituents is 1. The van der Waals surface area contributed by atoms with Gasteiger partial charge in [0, 0.05) is 18.2 Å². The SMILES string of the molecule is Cc1c(NC(=O)CN(c2ccc([N+](=O)[O-])cc2)S(=O)(=O)c2ccccc2)cccc1[N+](=O)[O-]. The van der Waals surface area contributed by atoms with Crippen LogP contribution < -0.4 is 9.62 Å². The van der Waals surface area contributed by atoms with Gasteiger partial charge in [0.1, 0.15) is 6.54 Å². The first-order chi connectivity index (χ1) is 15.6. The van der Waals surface area contributed by atoms with E-state index in [-0.39, 0.29) is 33.2 Å². The number of nitro groups is 2. The molecule has 0 aliphatic carbocycles. The van der Waals surface area contributed by atoms with Gasteiger partial charge in [-0.05, 0) is 37.3 Å². The molecule has 0 atom stereocenters. The molecule has 0 radical (unpaired) electrons. The van der Waals surface area contributed by atoms with Crippen molar-refractivity contribution in [2.24, 2.45) is 0 Å². The van der Waals surface area contributed by atoms with Gasteiger partial charge in [-0.2, -0.15) is 0 Å². The Morgan fingerprint density at radius 1 is 0.909 bits per heavy atom. The van der Waals surface area contributed by atoms with E-state index in [4.69, 9.17) is 0 Å². The predicted molar refractivity (Wildman–Crippen MR) is 121 cm³/mol. The van der Waals surface area contributed by atoms with Crippen molar-refractivity contribution in [2.45, 2.75) is 11.8 Å². The third-order valence-corrected chi connectivity index (χ3v) is 6.53. The number of nitrogens with one attached hydrogen (secondary N) is 1. The van der Waals surface area contributed by atoms with Crippen LogP contribution in [-0.2, 0) is 14.8 Å². The molecule has 12 heteroatoms. The quantitative estimate of drug-likeness (QED) is 0.389. The first-order valence-electron chi connectivity index (χ1n) is 9.47. The summed E-state index contributed by atoms with van der Waals surface area (Å²) in [6, 6.07) is 16.2. The highest BCUT2D eigenvalue weighted by Gasteiger charge is 2.28. The summed E-state index contributed by atoms with van der Waals surface area (Å²) in [6.07, 6.45) is 0. The van der Waals surface area contributed by atoms with Gasteiger partial charge in [-0.25, -0.2) is 8.42 Å². The van der Waals surface area contributed by atoms with Gasteiger partial charge in [-0.15, -0.1) is 0 Å². The second-order valence-corrected chi connectivity index (χ2v) is 8.72. The molecule has 0 fully saturated rings. The van der Waals surface area contributed by atoms with Gasteiger partial charge < -0.3 is 5.32 Å². The molecule has 3 rings (SSSR count). The summed E-state index contributed by atoms with van der Waals surface area (Å²) in [5.74, 6) is -0.753. The maximum absolute atomic E-state index is 13.3. The molecule has 0 bridgehead atoms. The van der Waals surface area contributed by atoms with E-state index in [1.165, 1.54) is 61.5 Å². The Hall–Kier alpha value is -4.32. The van der Waals surface area contributed by atoms with E-state index in [2.05, 4.69) is 5.32 Å². The lowest BCUT2D eigenvalue weighted by atomic mass is 10.1. The van der Waals surface area contributed by atoms with Crippen LogP contribution >= 0.6 is 0 Å². The van der Waals surface area contributed by atoms with Crippen molar-refractivity contribution in [3.05, 3.63) is 98.6 Å². The van der Waals surface area contributed by atoms with Gasteiger partial charge >= 0.3 is 0 Å². The Balaban J connectivity index is 1.96. The Morgan fingerprint density at radius 2 is 1.55 bits per heavy atom. The van der Waals surface area contributed by atoms with Gasteiger partial charge in [0.05, 0.1) is 31.7 Å². The Bertz CT molecular complexity index is 1310. The molecule has 0 unspecified atom stereocenters. The number of benzene rings is 3. The second-order valence-electron chi connectivity index (χ2n) is 6.85. The second kappa shape index (κ2) is 9.44. The maximum Gasteiger partial charge on any atom is 0.274 e. The molecule has 1 amide bonds. The molecule has 0 aromatic heterocycles. The molecule has 33 heavy (non-hydrogen) atoms. The van der Waals surface area contributed by atoms with Crippen molar-refractivity contribution in [3.8, 4) is 0 Å². The maximum atomic E-state index is 13.3. The molecule has 0 saturated heterocycles. The highest BCUT2D eigenvalue weighted by Crippen LogP contribution is 2.27. The topological polar surface area (TPSA) is 153 Å². The summed E-state index contributed by atoms with van der Waals surface area (Å²) in [6.45, 7) is 0.791. The van der Waals surface area contributed by atoms with E-state index in [9.17, 15) is 33.4 Å². The third kappa shape index (κ3) is 5.13. The lowest BCUT2D eigenvalue weighted by Gasteiger charge is -2.24. The molecule has 3 aromatic carbocycles. The number of nitro benzene ring substituents is 2. The molecule has 0 saturated carbocycles. The van der Waals surface area contributed by atoms with Crippen LogP contribution in [0, 0.1) is 27.2 Å². The zero-order valence-corrected chi connectivity index (χ0v) is 18.1. The fraction of sp³-hybridized carbons (Fsp3) is 0.0952. The van der Waals surface area contributed by atoms with E-state index in [0.717, 1.165) is 16.4 Å². The number of carbonyl (C=O) groups is 1. The number of hydrogen-bond acceptors (Lipinski definition) is 7. The number of sulfonamides is 1. The van der Waals surface area contributed by atoms with E-state index < -0.39 is 32.3 Å². The Morgan fingerprint density at radius 3 is 2.12 bits per heavy atom. The molecular weight excluding hydrogens is 452 g/mol. The molecule has 1 N–H and O–H groups in total. The molecule has 170 valence electrons. The van der Waals surface area contributed by atoms with Crippen molar-refractivity contribution >= 4 is 38.7 Å². The summed E-state index contributed by atoms with van der Waals surface area (Å²) in [5, 5.41) is 24.6. The van der Waals surface area contributed by atoms with Gasteiger partial charge in [0.2, 0.25) is 5.91 Å². The van der Waals surface area contributed by atoms with Crippen LogP contribution in [0.15, 0.2) is 77.7 Å². The molecule has 11 nitrogen and oxygen atoms in total. The summed E-state index contributed by atoms with van der Waals surface area (Å²) < 4.78 is 27.4. The zero-order chi connectivity index (χ0) is 24.2.